The van der Waals surface area contributed by atoms with Crippen molar-refractivity contribution < 1.29 is 22.7 Å². The molecule has 0 radical (unpaired) electrons. The molecule has 1 aliphatic rings. The molecule has 0 saturated carbocycles. The summed E-state index contributed by atoms with van der Waals surface area (Å²) in [7, 11) is 2.09. The number of aromatic nitrogens is 1. The first kappa shape index (κ1) is 20.9. The molecule has 1 amide bonds. The quantitative estimate of drug-likeness (QED) is 0.797. The van der Waals surface area contributed by atoms with Crippen LogP contribution in [0.15, 0.2) is 42.6 Å². The minimum absolute atomic E-state index is 0.181. The van der Waals surface area contributed by atoms with Crippen LogP contribution in [-0.2, 0) is 6.54 Å². The number of piperazine rings is 1. The van der Waals surface area contributed by atoms with E-state index in [1.165, 1.54) is 18.3 Å². The van der Waals surface area contributed by atoms with Crippen molar-refractivity contribution in [2.45, 2.75) is 12.7 Å². The molecule has 6 nitrogen and oxygen atoms in total. The normalized spacial score (nSPS) is 15.2. The summed E-state index contributed by atoms with van der Waals surface area (Å²) < 4.78 is 41.1. The van der Waals surface area contributed by atoms with Gasteiger partial charge in [0.2, 0.25) is 5.88 Å². The van der Waals surface area contributed by atoms with Crippen molar-refractivity contribution in [1.29, 1.82) is 0 Å². The molecule has 9 heteroatoms. The number of nitrogens with zero attached hydrogens (tertiary/aromatic N) is 3. The molecule has 3 rings (SSSR count). The van der Waals surface area contributed by atoms with Crippen LogP contribution in [0.3, 0.4) is 0 Å². The number of pyridine rings is 1. The maximum Gasteiger partial charge on any atom is 0.422 e. The van der Waals surface area contributed by atoms with E-state index in [0.717, 1.165) is 37.4 Å². The molecular weight excluding hydrogens is 385 g/mol. The maximum atomic E-state index is 12.4. The molecule has 2 heterocycles. The highest BCUT2D eigenvalue weighted by Crippen LogP contribution is 2.22. The third-order valence-electron chi connectivity index (χ3n) is 4.66. The molecule has 0 spiro atoms. The van der Waals surface area contributed by atoms with E-state index in [4.69, 9.17) is 0 Å². The van der Waals surface area contributed by atoms with E-state index in [1.807, 2.05) is 24.3 Å². The van der Waals surface area contributed by atoms with E-state index in [-0.39, 0.29) is 17.4 Å². The average Bonchev–Trinajstić information content (AvgIpc) is 2.71. The van der Waals surface area contributed by atoms with Gasteiger partial charge in [-0.05, 0) is 24.7 Å². The predicted molar refractivity (Wildman–Crippen MR) is 103 cm³/mol. The number of carbonyl (C=O) groups is 1. The van der Waals surface area contributed by atoms with Gasteiger partial charge in [-0.1, -0.05) is 18.2 Å². The molecule has 1 aliphatic heterocycles. The zero-order valence-electron chi connectivity index (χ0n) is 16.1. The van der Waals surface area contributed by atoms with Gasteiger partial charge in [0.1, 0.15) is 0 Å². The smallest absolute Gasteiger partial charge is 0.422 e. The van der Waals surface area contributed by atoms with Crippen molar-refractivity contribution in [1.82, 2.24) is 15.2 Å². The van der Waals surface area contributed by atoms with E-state index in [2.05, 4.69) is 31.9 Å². The number of para-hydroxylation sites is 1. The zero-order valence-corrected chi connectivity index (χ0v) is 16.1. The number of carbonyl (C=O) groups excluding carboxylic acids is 1. The molecule has 0 bridgehead atoms. The summed E-state index contributed by atoms with van der Waals surface area (Å²) in [5.74, 6) is -0.535. The van der Waals surface area contributed by atoms with E-state index >= 15 is 0 Å². The van der Waals surface area contributed by atoms with Crippen molar-refractivity contribution in [2.75, 3.05) is 44.7 Å². The van der Waals surface area contributed by atoms with Gasteiger partial charge in [-0.2, -0.15) is 13.2 Å². The first-order valence-corrected chi connectivity index (χ1v) is 9.27. The second-order valence-electron chi connectivity index (χ2n) is 6.89. The van der Waals surface area contributed by atoms with Crippen molar-refractivity contribution in [3.05, 3.63) is 53.7 Å². The molecule has 1 fully saturated rings. The minimum atomic E-state index is -4.44. The van der Waals surface area contributed by atoms with E-state index < -0.39 is 12.8 Å². The number of rotatable bonds is 6. The lowest BCUT2D eigenvalue weighted by molar-refractivity contribution is -0.154. The van der Waals surface area contributed by atoms with E-state index in [1.54, 1.807) is 0 Å². The largest absolute Gasteiger partial charge is 0.468 e. The van der Waals surface area contributed by atoms with Gasteiger partial charge in [0.15, 0.2) is 6.61 Å². The highest BCUT2D eigenvalue weighted by atomic mass is 19.4. The minimum Gasteiger partial charge on any atom is -0.468 e. The lowest BCUT2D eigenvalue weighted by atomic mass is 10.1. The Labute approximate surface area is 167 Å². The van der Waals surface area contributed by atoms with Gasteiger partial charge >= 0.3 is 6.18 Å². The first-order valence-electron chi connectivity index (χ1n) is 9.27. The molecule has 29 heavy (non-hydrogen) atoms. The van der Waals surface area contributed by atoms with Crippen molar-refractivity contribution in [3.8, 4) is 5.88 Å². The van der Waals surface area contributed by atoms with Gasteiger partial charge in [0, 0.05) is 50.7 Å². The summed E-state index contributed by atoms with van der Waals surface area (Å²) in [4.78, 5) is 20.7. The average molecular weight is 408 g/mol. The van der Waals surface area contributed by atoms with Gasteiger partial charge in [0.05, 0.1) is 5.56 Å². The molecule has 0 atom stereocenters. The van der Waals surface area contributed by atoms with Crippen LogP contribution >= 0.6 is 0 Å². The number of hydrogen-bond donors (Lipinski definition) is 1. The van der Waals surface area contributed by atoms with Crippen molar-refractivity contribution in [3.63, 3.8) is 0 Å². The van der Waals surface area contributed by atoms with Crippen molar-refractivity contribution >= 4 is 11.6 Å². The summed E-state index contributed by atoms with van der Waals surface area (Å²) in [5.41, 5.74) is 2.35. The molecular formula is C20H23F3N4O2. The highest BCUT2D eigenvalue weighted by Gasteiger charge is 2.28. The lowest BCUT2D eigenvalue weighted by Gasteiger charge is -2.35. The fourth-order valence-corrected chi connectivity index (χ4v) is 3.05. The van der Waals surface area contributed by atoms with Crippen LogP contribution in [0, 0.1) is 0 Å². The number of anilines is 1. The summed E-state index contributed by atoms with van der Waals surface area (Å²) in [6.07, 6.45) is -3.23. The molecule has 1 saturated heterocycles. The monoisotopic (exact) mass is 408 g/mol. The number of nitrogens with one attached hydrogen (secondary N) is 1. The SMILES string of the molecule is CN1CCN(c2ccccc2CNC(=O)c2ccc(OCC(F)(F)F)nc2)CC1. The zero-order chi connectivity index (χ0) is 20.9. The predicted octanol–water partition coefficient (Wildman–Crippen LogP) is 2.70. The number of benzene rings is 1. The summed E-state index contributed by atoms with van der Waals surface area (Å²) in [5, 5.41) is 2.84. The third kappa shape index (κ3) is 6.08. The Bertz CT molecular complexity index is 819. The molecule has 0 aliphatic carbocycles. The fraction of sp³-hybridized carbons (Fsp3) is 0.400. The second kappa shape index (κ2) is 9.13. The number of halogens is 3. The number of ether oxygens (including phenoxy) is 1. The van der Waals surface area contributed by atoms with Gasteiger partial charge in [-0.15, -0.1) is 0 Å². The Morgan fingerprint density at radius 1 is 1.14 bits per heavy atom. The topological polar surface area (TPSA) is 57.7 Å². The molecule has 2 aromatic rings. The molecule has 1 aromatic carbocycles. The molecule has 1 N–H and O–H groups in total. The Hall–Kier alpha value is -2.81. The number of likely N-dealkylation sites (N-methyl/N-ethyl adjacent to an activating group) is 1. The van der Waals surface area contributed by atoms with Crippen LogP contribution in [0.4, 0.5) is 18.9 Å². The Kier molecular flexibility index (Phi) is 6.58. The molecule has 156 valence electrons. The van der Waals surface area contributed by atoms with Crippen LogP contribution in [-0.4, -0.2) is 61.8 Å². The van der Waals surface area contributed by atoms with Crippen LogP contribution in [0.1, 0.15) is 15.9 Å². The van der Waals surface area contributed by atoms with Crippen molar-refractivity contribution in [2.24, 2.45) is 0 Å². The Morgan fingerprint density at radius 3 is 2.52 bits per heavy atom. The number of alkyl halides is 3. The van der Waals surface area contributed by atoms with E-state index in [9.17, 15) is 18.0 Å². The van der Waals surface area contributed by atoms with Crippen LogP contribution in [0.25, 0.3) is 0 Å². The summed E-state index contributed by atoms with van der Waals surface area (Å²) in [6.45, 7) is 2.72. The van der Waals surface area contributed by atoms with Crippen LogP contribution in [0.2, 0.25) is 0 Å². The number of hydrogen-bond acceptors (Lipinski definition) is 5. The summed E-state index contributed by atoms with van der Waals surface area (Å²) >= 11 is 0. The van der Waals surface area contributed by atoms with Crippen LogP contribution in [0.5, 0.6) is 5.88 Å². The Balaban J connectivity index is 1.58. The first-order chi connectivity index (χ1) is 13.8. The standard InChI is InChI=1S/C20H23F3N4O2/c1-26-8-10-27(11-9-26)17-5-3-2-4-15(17)12-25-19(28)16-6-7-18(24-13-16)29-14-20(21,22)23/h2-7,13H,8-12,14H2,1H3,(H,25,28). The molecule has 1 aromatic heterocycles. The van der Waals surface area contributed by atoms with Gasteiger partial charge in [-0.25, -0.2) is 4.98 Å². The van der Waals surface area contributed by atoms with Gasteiger partial charge < -0.3 is 19.9 Å². The van der Waals surface area contributed by atoms with Crippen LogP contribution < -0.4 is 15.0 Å². The summed E-state index contributed by atoms with van der Waals surface area (Å²) in [6, 6.07) is 10.6. The number of amides is 1. The lowest BCUT2D eigenvalue weighted by Crippen LogP contribution is -2.45. The highest BCUT2D eigenvalue weighted by molar-refractivity contribution is 5.93. The Morgan fingerprint density at radius 2 is 1.86 bits per heavy atom. The van der Waals surface area contributed by atoms with Gasteiger partial charge in [0.25, 0.3) is 5.91 Å². The van der Waals surface area contributed by atoms with E-state index in [0.29, 0.717) is 6.54 Å². The maximum absolute atomic E-state index is 12.4. The third-order valence-corrected chi connectivity index (χ3v) is 4.66. The fourth-order valence-electron chi connectivity index (χ4n) is 3.05. The molecule has 0 unspecified atom stereocenters. The van der Waals surface area contributed by atoms with Gasteiger partial charge in [-0.3, -0.25) is 4.79 Å². The second-order valence-corrected chi connectivity index (χ2v) is 6.89.